The van der Waals surface area contributed by atoms with E-state index in [-0.39, 0.29) is 61.0 Å². The summed E-state index contributed by atoms with van der Waals surface area (Å²) in [4.78, 5) is 94.4. The Kier molecular flexibility index (Phi) is 11.8. The van der Waals surface area contributed by atoms with Crippen molar-refractivity contribution in [2.75, 3.05) is 93.9 Å². The fraction of sp³-hybridized carbons (Fsp3) is 0.415. The standard InChI is InChI=1S/C41H45FN10O8/c42-26(23-51-22-25-18-32(46-37(54)31(21-43)36-44-6-1-7-45-36)34(20-29(25)39(51)56)50-13-16-59-17-14-50)24-60-15-12-48-8-10-49(11-9-48)27-2-3-28-30(19-27)41(58)52(40(28)57)33-4-5-35(53)47-38(33)55/h1-3,6-7,18-21,26,33H,4-5,8-17,22-24,43H2,(H,46,54)(H,47,53,55)/t26-,33?/m1/s1. The van der Waals surface area contributed by atoms with Crippen molar-refractivity contribution in [3.8, 4) is 0 Å². The predicted octanol–water partition coefficient (Wildman–Crippen LogP) is 0.785. The maximum atomic E-state index is 15.3. The molecule has 4 N–H and O–H groups in total. The number of nitrogens with zero attached hydrogens (tertiary/aromatic N) is 7. The van der Waals surface area contributed by atoms with Crippen LogP contribution >= 0.6 is 0 Å². The summed E-state index contributed by atoms with van der Waals surface area (Å²) in [5, 5.41) is 5.14. The van der Waals surface area contributed by atoms with Crippen molar-refractivity contribution in [3.63, 3.8) is 0 Å². The minimum absolute atomic E-state index is 0.0546. The van der Waals surface area contributed by atoms with Crippen LogP contribution in [0.15, 0.2) is 55.0 Å². The second kappa shape index (κ2) is 17.5. The number of ether oxygens (including phenoxy) is 2. The van der Waals surface area contributed by atoms with E-state index in [9.17, 15) is 28.8 Å². The molecule has 18 nitrogen and oxygen atoms in total. The van der Waals surface area contributed by atoms with Crippen molar-refractivity contribution in [2.24, 2.45) is 5.73 Å². The fourth-order valence-electron chi connectivity index (χ4n) is 8.19. The lowest BCUT2D eigenvalue weighted by molar-refractivity contribution is -0.136. The van der Waals surface area contributed by atoms with E-state index in [4.69, 9.17) is 15.2 Å². The van der Waals surface area contributed by atoms with E-state index in [0.717, 1.165) is 16.8 Å². The first kappa shape index (κ1) is 40.5. The summed E-state index contributed by atoms with van der Waals surface area (Å²) in [6.45, 7) is 5.41. The molecule has 19 heteroatoms. The van der Waals surface area contributed by atoms with Crippen LogP contribution in [0, 0.1) is 0 Å². The van der Waals surface area contributed by atoms with Crippen molar-refractivity contribution in [3.05, 3.63) is 83.1 Å². The molecule has 60 heavy (non-hydrogen) atoms. The third-order valence-corrected chi connectivity index (χ3v) is 11.3. The van der Waals surface area contributed by atoms with Crippen LogP contribution in [-0.4, -0.2) is 151 Å². The summed E-state index contributed by atoms with van der Waals surface area (Å²) >= 11 is 0. The Hall–Kier alpha value is -6.31. The summed E-state index contributed by atoms with van der Waals surface area (Å²) in [7, 11) is 0. The Morgan fingerprint density at radius 2 is 1.70 bits per heavy atom. The second-order valence-corrected chi connectivity index (χ2v) is 15.1. The van der Waals surface area contributed by atoms with Gasteiger partial charge in [0.05, 0.1) is 61.0 Å². The summed E-state index contributed by atoms with van der Waals surface area (Å²) in [5.74, 6) is -2.81. The molecule has 6 amide bonds. The number of hydrogen-bond donors (Lipinski definition) is 3. The number of morpholine rings is 1. The molecule has 314 valence electrons. The number of fused-ring (bicyclic) bond motifs is 2. The molecule has 0 aliphatic carbocycles. The lowest BCUT2D eigenvalue weighted by Crippen LogP contribution is -2.54. The lowest BCUT2D eigenvalue weighted by atomic mass is 10.0. The van der Waals surface area contributed by atoms with E-state index >= 15 is 4.39 Å². The first-order valence-electron chi connectivity index (χ1n) is 19.9. The molecule has 5 aliphatic rings. The highest BCUT2D eigenvalue weighted by Crippen LogP contribution is 2.36. The molecule has 0 radical (unpaired) electrons. The van der Waals surface area contributed by atoms with Gasteiger partial charge in [-0.3, -0.25) is 43.9 Å². The van der Waals surface area contributed by atoms with E-state index in [1.54, 1.807) is 36.4 Å². The number of anilines is 3. The van der Waals surface area contributed by atoms with Gasteiger partial charge in [0.25, 0.3) is 23.6 Å². The number of aromatic nitrogens is 2. The quantitative estimate of drug-likeness (QED) is 0.124. The molecule has 0 bridgehead atoms. The van der Waals surface area contributed by atoms with Crippen LogP contribution in [0.25, 0.3) is 5.57 Å². The van der Waals surface area contributed by atoms with Crippen LogP contribution < -0.4 is 26.2 Å². The van der Waals surface area contributed by atoms with Gasteiger partial charge in [0.2, 0.25) is 11.8 Å². The SMILES string of the molecule is NC=C(C(=O)Nc1cc2c(cc1N1CCOCC1)C(=O)N(C[C@@H](F)COCCN1CCN(c3ccc4c(c3)C(=O)N(C3CCC(=O)NC3=O)C4=O)CC1)C2)c1ncccn1. The van der Waals surface area contributed by atoms with E-state index in [0.29, 0.717) is 88.1 Å². The van der Waals surface area contributed by atoms with Gasteiger partial charge < -0.3 is 35.2 Å². The van der Waals surface area contributed by atoms with E-state index < -0.39 is 41.7 Å². The minimum atomic E-state index is -1.43. The summed E-state index contributed by atoms with van der Waals surface area (Å²) in [6.07, 6.45) is 2.89. The molecule has 1 aromatic heterocycles. The number of hydrogen-bond acceptors (Lipinski definition) is 14. The summed E-state index contributed by atoms with van der Waals surface area (Å²) in [5.41, 5.74) is 9.35. The topological polar surface area (TPSA) is 213 Å². The van der Waals surface area contributed by atoms with Gasteiger partial charge in [0, 0.05) is 88.6 Å². The summed E-state index contributed by atoms with van der Waals surface area (Å²) < 4.78 is 26.6. The number of piperidine rings is 1. The number of imide groups is 2. The molecule has 5 aliphatic heterocycles. The zero-order valence-corrected chi connectivity index (χ0v) is 32.8. The van der Waals surface area contributed by atoms with E-state index in [1.165, 1.54) is 17.3 Å². The van der Waals surface area contributed by atoms with Gasteiger partial charge in [-0.15, -0.1) is 0 Å². The van der Waals surface area contributed by atoms with Crippen LogP contribution in [0.5, 0.6) is 0 Å². The zero-order chi connectivity index (χ0) is 41.9. The fourth-order valence-corrected chi connectivity index (χ4v) is 8.19. The normalized spacial score (nSPS) is 20.4. The number of amides is 6. The third kappa shape index (κ3) is 8.27. The van der Waals surface area contributed by atoms with Crippen molar-refractivity contribution < 1.29 is 42.6 Å². The van der Waals surface area contributed by atoms with E-state index in [2.05, 4.69) is 30.4 Å². The highest BCUT2D eigenvalue weighted by Gasteiger charge is 2.45. The average molecular weight is 825 g/mol. The van der Waals surface area contributed by atoms with Gasteiger partial charge in [-0.25, -0.2) is 14.4 Å². The number of carbonyl (C=O) groups excluding carboxylic acids is 6. The van der Waals surface area contributed by atoms with Crippen molar-refractivity contribution in [1.29, 1.82) is 0 Å². The number of halogens is 1. The van der Waals surface area contributed by atoms with Crippen LogP contribution in [0.3, 0.4) is 0 Å². The molecule has 0 saturated carbocycles. The first-order chi connectivity index (χ1) is 29.1. The smallest absolute Gasteiger partial charge is 0.262 e. The van der Waals surface area contributed by atoms with Crippen LogP contribution in [-0.2, 0) is 30.4 Å². The molecule has 2 aromatic carbocycles. The van der Waals surface area contributed by atoms with E-state index in [1.807, 2.05) is 4.90 Å². The molecule has 6 heterocycles. The van der Waals surface area contributed by atoms with Gasteiger partial charge in [-0.1, -0.05) is 0 Å². The van der Waals surface area contributed by atoms with Crippen molar-refractivity contribution in [2.45, 2.75) is 31.6 Å². The Balaban J connectivity index is 0.811. The number of benzene rings is 2. The van der Waals surface area contributed by atoms with Gasteiger partial charge in [0.15, 0.2) is 5.82 Å². The maximum Gasteiger partial charge on any atom is 0.262 e. The zero-order valence-electron chi connectivity index (χ0n) is 32.8. The monoisotopic (exact) mass is 824 g/mol. The number of nitrogens with one attached hydrogen (secondary N) is 2. The second-order valence-electron chi connectivity index (χ2n) is 15.1. The molecule has 3 fully saturated rings. The maximum absolute atomic E-state index is 15.3. The minimum Gasteiger partial charge on any atom is -0.404 e. The van der Waals surface area contributed by atoms with Crippen LogP contribution in [0.4, 0.5) is 21.5 Å². The molecular formula is C41H45FN10O8. The van der Waals surface area contributed by atoms with Gasteiger partial charge in [0.1, 0.15) is 12.2 Å². The highest BCUT2D eigenvalue weighted by molar-refractivity contribution is 6.25. The predicted molar refractivity (Wildman–Crippen MR) is 215 cm³/mol. The van der Waals surface area contributed by atoms with Crippen LogP contribution in [0.2, 0.25) is 0 Å². The third-order valence-electron chi connectivity index (χ3n) is 11.3. The highest BCUT2D eigenvalue weighted by atomic mass is 19.1. The molecular weight excluding hydrogens is 780 g/mol. The molecule has 3 aromatic rings. The van der Waals surface area contributed by atoms with Gasteiger partial charge in [-0.05, 0) is 48.4 Å². The molecule has 2 atom stereocenters. The molecule has 3 saturated heterocycles. The average Bonchev–Trinajstić information content (AvgIpc) is 3.69. The Morgan fingerprint density at radius 3 is 2.43 bits per heavy atom. The number of rotatable bonds is 13. The molecule has 8 rings (SSSR count). The largest absolute Gasteiger partial charge is 0.404 e. The Morgan fingerprint density at radius 1 is 0.950 bits per heavy atom. The van der Waals surface area contributed by atoms with Gasteiger partial charge >= 0.3 is 0 Å². The van der Waals surface area contributed by atoms with Gasteiger partial charge in [-0.2, -0.15) is 0 Å². The lowest BCUT2D eigenvalue weighted by Gasteiger charge is -2.36. The number of piperazine rings is 1. The number of alkyl halides is 1. The first-order valence-corrected chi connectivity index (χ1v) is 19.9. The van der Waals surface area contributed by atoms with Crippen LogP contribution in [0.1, 0.15) is 55.3 Å². The van der Waals surface area contributed by atoms with Crippen molar-refractivity contribution >= 4 is 58.1 Å². The van der Waals surface area contributed by atoms with Crippen molar-refractivity contribution in [1.82, 2.24) is 30.0 Å². The Labute approximate surface area is 344 Å². The molecule has 1 unspecified atom stereocenters. The number of nitrogens with two attached hydrogens (primary N) is 1. The summed E-state index contributed by atoms with van der Waals surface area (Å²) in [6, 6.07) is 9.19. The number of carbonyl (C=O) groups is 6. The molecule has 0 spiro atoms. The Bertz CT molecular complexity index is 2230.